The molecule has 6 nitrogen and oxygen atoms in total. The van der Waals surface area contributed by atoms with Crippen molar-refractivity contribution in [2.75, 3.05) is 9.80 Å². The minimum absolute atomic E-state index is 0.193. The van der Waals surface area contributed by atoms with Crippen LogP contribution < -0.4 is 26.2 Å². The second-order valence-electron chi connectivity index (χ2n) is 23.4. The van der Waals surface area contributed by atoms with Gasteiger partial charge in [-0.2, -0.15) is 0 Å². The quantitative estimate of drug-likeness (QED) is 0.156. The standard InChI is InChI=1S/C82H55BN4O2/c1-82(2,3)52-46-73-79-74(47-52)87(70-45-41-56(51-24-8-5-9-25-51)78-62-31-15-21-37-76(62)89-81(70)78)72-49-54(85-67-34-18-12-28-59(67)60-29-13-19-35-68(60)85)39-43-64(72)83(79)63-42-38-53(84-65-32-16-10-26-57(65)58-27-11-17-33-66(58)84)48-71(63)86(73)69-44-40-55(50-22-6-4-7-23-50)77-61-30-14-20-36-75(61)88-80(69)77/h4-49H,1-3H3/i10D,11D,12D,13D,16D,17D,18D,19D,26D,27D,28D,29D,32D,33D,34D,35D,38D,39D,42D,43D,48D,49D. The lowest BCUT2D eigenvalue weighted by molar-refractivity contribution is 0.590. The van der Waals surface area contributed by atoms with E-state index in [1.165, 1.54) is 0 Å². The Morgan fingerprint density at radius 1 is 0.371 bits per heavy atom. The van der Waals surface area contributed by atoms with Crippen molar-refractivity contribution in [2.45, 2.75) is 26.2 Å². The lowest BCUT2D eigenvalue weighted by Gasteiger charge is -2.45. The minimum Gasteiger partial charge on any atom is -0.454 e. The maximum absolute atomic E-state index is 11.4. The number of aromatic nitrogens is 2. The van der Waals surface area contributed by atoms with Crippen LogP contribution in [0.4, 0.5) is 34.1 Å². The van der Waals surface area contributed by atoms with Gasteiger partial charge >= 0.3 is 0 Å². The third-order valence-electron chi connectivity index (χ3n) is 17.6. The van der Waals surface area contributed by atoms with E-state index in [0.29, 0.717) is 38.3 Å². The summed E-state index contributed by atoms with van der Waals surface area (Å²) in [6, 6.07) is 29.1. The predicted molar refractivity (Wildman–Crippen MR) is 373 cm³/mol. The number of anilines is 6. The molecule has 7 heteroatoms. The zero-order valence-corrected chi connectivity index (χ0v) is 47.5. The van der Waals surface area contributed by atoms with Crippen molar-refractivity contribution in [2.24, 2.45) is 0 Å². The molecule has 0 aliphatic carbocycles. The molecular weight excluding hydrogens is 1080 g/mol. The van der Waals surface area contributed by atoms with Gasteiger partial charge in [-0.15, -0.1) is 0 Å². The number of hydrogen-bond donors (Lipinski definition) is 0. The normalized spacial score (nSPS) is 16.5. The zero-order valence-electron chi connectivity index (χ0n) is 69.5. The number of fused-ring (bicyclic) bond motifs is 16. The predicted octanol–water partition coefficient (Wildman–Crippen LogP) is 20.4. The first kappa shape index (κ1) is 33.0. The molecule has 2 aliphatic rings. The van der Waals surface area contributed by atoms with Gasteiger partial charge in [-0.05, 0) is 134 Å². The first-order chi connectivity index (χ1) is 53.0. The first-order valence-corrected chi connectivity index (χ1v) is 29.1. The Kier molecular flexibility index (Phi) is 6.91. The Bertz CT molecular complexity index is 6620. The van der Waals surface area contributed by atoms with E-state index in [-0.39, 0.29) is 83.2 Å². The van der Waals surface area contributed by atoms with E-state index in [9.17, 15) is 19.2 Å². The van der Waals surface area contributed by atoms with Crippen LogP contribution in [0.15, 0.2) is 287 Å². The van der Waals surface area contributed by atoms with Crippen LogP contribution >= 0.6 is 0 Å². The molecule has 0 N–H and O–H groups in total. The second-order valence-corrected chi connectivity index (χ2v) is 23.4. The molecule has 4 aromatic heterocycles. The number of nitrogens with zero attached hydrogens (tertiary/aromatic N) is 4. The highest BCUT2D eigenvalue weighted by Gasteiger charge is 2.46. The Morgan fingerprint density at radius 2 is 0.753 bits per heavy atom. The number of hydrogen-bond acceptors (Lipinski definition) is 4. The molecule has 0 fully saturated rings. The average molecular weight is 1160 g/mol. The summed E-state index contributed by atoms with van der Waals surface area (Å²) in [4.78, 5) is 3.44. The fraction of sp³-hybridized carbons (Fsp3) is 0.0488. The van der Waals surface area contributed by atoms with Gasteiger partial charge in [0, 0.05) is 77.2 Å². The van der Waals surface area contributed by atoms with Gasteiger partial charge in [0.15, 0.2) is 11.2 Å². The van der Waals surface area contributed by atoms with Crippen molar-refractivity contribution in [1.82, 2.24) is 9.13 Å². The zero-order chi connectivity index (χ0) is 77.9. The van der Waals surface area contributed by atoms with E-state index in [1.54, 1.807) is 21.9 Å². The molecule has 2 aliphatic heterocycles. The van der Waals surface area contributed by atoms with Crippen molar-refractivity contribution in [1.29, 1.82) is 0 Å². The molecule has 13 aromatic carbocycles. The van der Waals surface area contributed by atoms with Crippen LogP contribution in [0.2, 0.25) is 0 Å². The molecule has 0 saturated heterocycles. The van der Waals surface area contributed by atoms with Gasteiger partial charge in [0.1, 0.15) is 11.2 Å². The SMILES string of the molecule is [2H]c1c([2H])c(-n2c3c([2H])c([2H])c([2H])c([2H])c3c3c([2H])c([2H])c([2H])c([2H])c32)c([2H])c2c1B1c3c(cc(C(C)(C)C)cc3N(c3ccc(-c4ccccc4)c4c3oc3ccccc34)c3c([2H])c(-n4c5c([2H])c([2H])c([2H])c([2H])c5c5c([2H])c([2H])c([2H])c([2H])c54)c([2H])c([2H])c31)N2c1ccc(-c2ccccc2)c2c1oc1ccccc12. The molecule has 0 radical (unpaired) electrons. The summed E-state index contributed by atoms with van der Waals surface area (Å²) in [6.45, 7) is 4.29. The fourth-order valence-corrected chi connectivity index (χ4v) is 13.7. The summed E-state index contributed by atoms with van der Waals surface area (Å²) in [5, 5.41) is 1.14. The van der Waals surface area contributed by atoms with Gasteiger partial charge in [0.25, 0.3) is 6.71 Å². The van der Waals surface area contributed by atoms with Gasteiger partial charge in [0.05, 0.1) is 63.6 Å². The Balaban J connectivity index is 1.05. The molecule has 0 bridgehead atoms. The Labute approximate surface area is 544 Å². The average Bonchev–Trinajstić information content (AvgIpc) is 1.67. The highest BCUT2D eigenvalue weighted by Crippen LogP contribution is 2.53. The van der Waals surface area contributed by atoms with E-state index in [1.807, 2.05) is 154 Å². The Morgan fingerprint density at radius 3 is 1.16 bits per heavy atom. The summed E-state index contributed by atoms with van der Waals surface area (Å²) in [5.41, 5.74) is 1.72. The molecule has 0 saturated carbocycles. The highest BCUT2D eigenvalue weighted by atomic mass is 16.3. The van der Waals surface area contributed by atoms with Crippen LogP contribution in [0.1, 0.15) is 56.5 Å². The lowest BCUT2D eigenvalue weighted by Crippen LogP contribution is -2.61. The number of rotatable bonds is 6. The number of para-hydroxylation sites is 6. The van der Waals surface area contributed by atoms with Crippen LogP contribution in [0.5, 0.6) is 0 Å². The van der Waals surface area contributed by atoms with Gasteiger partial charge in [-0.1, -0.05) is 215 Å². The molecule has 0 unspecified atom stereocenters. The molecule has 0 spiro atoms. The second kappa shape index (κ2) is 18.6. The molecule has 0 atom stereocenters. The van der Waals surface area contributed by atoms with E-state index in [0.717, 1.165) is 31.4 Å². The van der Waals surface area contributed by atoms with Gasteiger partial charge in [-0.3, -0.25) is 0 Å². The van der Waals surface area contributed by atoms with E-state index >= 15 is 0 Å². The van der Waals surface area contributed by atoms with Crippen LogP contribution in [-0.2, 0) is 5.41 Å². The first-order valence-electron chi connectivity index (χ1n) is 40.1. The number of benzene rings is 13. The summed E-state index contributed by atoms with van der Waals surface area (Å²) >= 11 is 0. The maximum Gasteiger partial charge on any atom is 0.252 e. The van der Waals surface area contributed by atoms with Crippen molar-refractivity contribution >= 4 is 145 Å². The van der Waals surface area contributed by atoms with Crippen LogP contribution in [0, 0.1) is 0 Å². The van der Waals surface area contributed by atoms with Gasteiger partial charge in [-0.25, -0.2) is 0 Å². The molecule has 17 aromatic rings. The maximum atomic E-state index is 11.4. The molecule has 6 heterocycles. The third-order valence-corrected chi connectivity index (χ3v) is 17.6. The fourth-order valence-electron chi connectivity index (χ4n) is 13.7. The summed E-state index contributed by atoms with van der Waals surface area (Å²) < 4.78 is 232. The van der Waals surface area contributed by atoms with E-state index in [4.69, 9.17) is 19.8 Å². The smallest absolute Gasteiger partial charge is 0.252 e. The van der Waals surface area contributed by atoms with Gasteiger partial charge < -0.3 is 27.8 Å². The summed E-state index contributed by atoms with van der Waals surface area (Å²) in [5.74, 6) is 0. The minimum atomic E-state index is -1.63. The molecular formula is C82H55BN4O2. The summed E-state index contributed by atoms with van der Waals surface area (Å²) in [6.07, 6.45) is 0. The lowest BCUT2D eigenvalue weighted by atomic mass is 9.33. The number of furan rings is 2. The summed E-state index contributed by atoms with van der Waals surface area (Å²) in [7, 11) is 0. The monoisotopic (exact) mass is 1160 g/mol. The van der Waals surface area contributed by atoms with Crippen molar-refractivity contribution < 1.29 is 39.0 Å². The van der Waals surface area contributed by atoms with Crippen LogP contribution in [-0.4, -0.2) is 15.8 Å². The van der Waals surface area contributed by atoms with Crippen LogP contribution in [0.25, 0.3) is 121 Å². The molecule has 418 valence electrons. The van der Waals surface area contributed by atoms with E-state index < -0.39 is 179 Å². The van der Waals surface area contributed by atoms with Crippen LogP contribution in [0.3, 0.4) is 0 Å². The van der Waals surface area contributed by atoms with Crippen molar-refractivity contribution in [3.8, 4) is 33.6 Å². The largest absolute Gasteiger partial charge is 0.454 e. The van der Waals surface area contributed by atoms with Gasteiger partial charge in [0.2, 0.25) is 0 Å². The van der Waals surface area contributed by atoms with Crippen molar-refractivity contribution in [3.05, 3.63) is 284 Å². The van der Waals surface area contributed by atoms with Crippen molar-refractivity contribution in [3.63, 3.8) is 0 Å². The molecule has 19 rings (SSSR count). The third kappa shape index (κ3) is 7.15. The Hall–Kier alpha value is -11.3. The highest BCUT2D eigenvalue weighted by molar-refractivity contribution is 7.00. The van der Waals surface area contributed by atoms with E-state index in [2.05, 4.69) is 0 Å². The topological polar surface area (TPSA) is 42.6 Å². The molecule has 89 heavy (non-hydrogen) atoms. The molecule has 0 amide bonds.